The van der Waals surface area contributed by atoms with Crippen molar-refractivity contribution < 1.29 is 18.7 Å². The van der Waals surface area contributed by atoms with E-state index in [1.807, 2.05) is 18.2 Å². The number of benzene rings is 2. The van der Waals surface area contributed by atoms with Gasteiger partial charge >= 0.3 is 5.97 Å². The zero-order valence-electron chi connectivity index (χ0n) is 12.3. The number of hydrogen-bond acceptors (Lipinski definition) is 4. The molecule has 3 rings (SSSR count). The summed E-state index contributed by atoms with van der Waals surface area (Å²) in [4.78, 5) is 24.5. The van der Waals surface area contributed by atoms with E-state index in [1.54, 1.807) is 37.3 Å². The molecule has 110 valence electrons. The average Bonchev–Trinajstić information content (AvgIpc) is 2.90. The van der Waals surface area contributed by atoms with Gasteiger partial charge in [-0.3, -0.25) is 4.79 Å². The Labute approximate surface area is 127 Å². The van der Waals surface area contributed by atoms with Gasteiger partial charge in [0.25, 0.3) is 0 Å². The van der Waals surface area contributed by atoms with Crippen LogP contribution in [0.1, 0.15) is 32.0 Å². The summed E-state index contributed by atoms with van der Waals surface area (Å²) in [6.45, 7) is 1.72. The molecule has 2 aromatic carbocycles. The van der Waals surface area contributed by atoms with Crippen LogP contribution in [0.5, 0.6) is 0 Å². The molecular weight excluding hydrogens is 280 g/mol. The van der Waals surface area contributed by atoms with E-state index in [1.165, 1.54) is 7.11 Å². The van der Waals surface area contributed by atoms with E-state index in [0.29, 0.717) is 33.4 Å². The average molecular weight is 294 g/mol. The molecule has 0 unspecified atom stereocenters. The molecular formula is C18H14O4. The normalized spacial score (nSPS) is 10.6. The summed E-state index contributed by atoms with van der Waals surface area (Å²) >= 11 is 0. The number of para-hydroxylation sites is 1. The third-order valence-corrected chi connectivity index (χ3v) is 3.56. The van der Waals surface area contributed by atoms with Crippen molar-refractivity contribution in [2.24, 2.45) is 0 Å². The highest BCUT2D eigenvalue weighted by atomic mass is 16.5. The zero-order chi connectivity index (χ0) is 15.7. The van der Waals surface area contributed by atoms with Crippen molar-refractivity contribution in [3.05, 3.63) is 71.0 Å². The monoisotopic (exact) mass is 294 g/mol. The molecule has 0 fully saturated rings. The molecule has 0 bridgehead atoms. The maximum absolute atomic E-state index is 12.7. The quantitative estimate of drug-likeness (QED) is 0.545. The number of carbonyl (C=O) groups excluding carboxylic acids is 2. The van der Waals surface area contributed by atoms with Gasteiger partial charge in [-0.25, -0.2) is 4.79 Å². The number of fused-ring (bicyclic) bond motifs is 1. The fraction of sp³-hybridized carbons (Fsp3) is 0.111. The van der Waals surface area contributed by atoms with Crippen LogP contribution in [0.25, 0.3) is 11.0 Å². The number of rotatable bonds is 3. The van der Waals surface area contributed by atoms with Crippen molar-refractivity contribution >= 4 is 22.7 Å². The Morgan fingerprint density at radius 2 is 1.73 bits per heavy atom. The summed E-state index contributed by atoms with van der Waals surface area (Å²) < 4.78 is 10.4. The molecule has 0 saturated carbocycles. The summed E-state index contributed by atoms with van der Waals surface area (Å²) in [7, 11) is 1.31. The van der Waals surface area contributed by atoms with Crippen molar-refractivity contribution in [2.75, 3.05) is 7.11 Å². The van der Waals surface area contributed by atoms with Crippen LogP contribution in [0.4, 0.5) is 0 Å². The standard InChI is InChI=1S/C18H14O4/c1-11-15(16(19)12-7-4-3-5-8-12)13-9-6-10-14(17(13)22-11)18(20)21-2/h3-10H,1-2H3. The van der Waals surface area contributed by atoms with Gasteiger partial charge in [0.1, 0.15) is 16.9 Å². The summed E-state index contributed by atoms with van der Waals surface area (Å²) in [6.07, 6.45) is 0. The van der Waals surface area contributed by atoms with Crippen molar-refractivity contribution in [1.82, 2.24) is 0 Å². The molecule has 0 amide bonds. The lowest BCUT2D eigenvalue weighted by Gasteiger charge is -2.01. The lowest BCUT2D eigenvalue weighted by Crippen LogP contribution is -2.03. The molecule has 3 aromatic rings. The van der Waals surface area contributed by atoms with Crippen molar-refractivity contribution in [1.29, 1.82) is 0 Å². The maximum Gasteiger partial charge on any atom is 0.341 e. The minimum absolute atomic E-state index is 0.126. The van der Waals surface area contributed by atoms with Gasteiger partial charge in [-0.05, 0) is 13.0 Å². The maximum atomic E-state index is 12.7. The largest absolute Gasteiger partial charge is 0.465 e. The number of aryl methyl sites for hydroxylation is 1. The molecule has 4 nitrogen and oxygen atoms in total. The molecule has 1 heterocycles. The number of furan rings is 1. The first-order valence-electron chi connectivity index (χ1n) is 6.83. The third kappa shape index (κ3) is 2.19. The Morgan fingerprint density at radius 1 is 1.00 bits per heavy atom. The zero-order valence-corrected chi connectivity index (χ0v) is 12.3. The van der Waals surface area contributed by atoms with Crippen LogP contribution < -0.4 is 0 Å². The number of methoxy groups -OCH3 is 1. The molecule has 0 saturated heterocycles. The van der Waals surface area contributed by atoms with Crippen LogP contribution in [-0.4, -0.2) is 18.9 Å². The second kappa shape index (κ2) is 5.48. The van der Waals surface area contributed by atoms with E-state index in [-0.39, 0.29) is 5.78 Å². The van der Waals surface area contributed by atoms with Crippen molar-refractivity contribution in [3.8, 4) is 0 Å². The summed E-state index contributed by atoms with van der Waals surface area (Å²) in [5, 5.41) is 0.620. The Bertz CT molecular complexity index is 859. The Morgan fingerprint density at radius 3 is 2.41 bits per heavy atom. The summed E-state index contributed by atoms with van der Waals surface area (Å²) in [5.41, 5.74) is 1.75. The molecule has 4 heteroatoms. The van der Waals surface area contributed by atoms with Crippen molar-refractivity contribution in [3.63, 3.8) is 0 Å². The number of carbonyl (C=O) groups is 2. The molecule has 0 radical (unpaired) electrons. The fourth-order valence-corrected chi connectivity index (χ4v) is 2.52. The van der Waals surface area contributed by atoms with Gasteiger partial charge in [-0.15, -0.1) is 0 Å². The number of ketones is 1. The van der Waals surface area contributed by atoms with E-state index in [0.717, 1.165) is 0 Å². The lowest BCUT2D eigenvalue weighted by molar-refractivity contribution is 0.0601. The van der Waals surface area contributed by atoms with E-state index in [4.69, 9.17) is 9.15 Å². The first-order chi connectivity index (χ1) is 10.6. The predicted molar refractivity (Wildman–Crippen MR) is 82.2 cm³/mol. The molecule has 0 atom stereocenters. The fourth-order valence-electron chi connectivity index (χ4n) is 2.52. The number of ether oxygens (including phenoxy) is 1. The number of esters is 1. The molecule has 0 aliphatic rings. The molecule has 0 spiro atoms. The van der Waals surface area contributed by atoms with Gasteiger partial charge in [0, 0.05) is 10.9 Å². The van der Waals surface area contributed by atoms with E-state index in [9.17, 15) is 9.59 Å². The number of hydrogen-bond donors (Lipinski definition) is 0. The van der Waals surface area contributed by atoms with E-state index < -0.39 is 5.97 Å². The molecule has 0 aliphatic carbocycles. The second-order valence-corrected chi connectivity index (χ2v) is 4.90. The summed E-state index contributed by atoms with van der Waals surface area (Å²) in [6, 6.07) is 14.1. The summed E-state index contributed by atoms with van der Waals surface area (Å²) in [5.74, 6) is -0.128. The minimum atomic E-state index is -0.488. The van der Waals surface area contributed by atoms with Crippen LogP contribution in [0.3, 0.4) is 0 Å². The molecule has 22 heavy (non-hydrogen) atoms. The Kier molecular flexibility index (Phi) is 3.51. The topological polar surface area (TPSA) is 56.5 Å². The Hall–Kier alpha value is -2.88. The van der Waals surface area contributed by atoms with Gasteiger partial charge in [-0.1, -0.05) is 42.5 Å². The molecule has 0 aliphatic heterocycles. The van der Waals surface area contributed by atoms with Gasteiger partial charge in [0.2, 0.25) is 0 Å². The third-order valence-electron chi connectivity index (χ3n) is 3.56. The van der Waals surface area contributed by atoms with Gasteiger partial charge in [0.05, 0.1) is 12.7 Å². The van der Waals surface area contributed by atoms with Gasteiger partial charge < -0.3 is 9.15 Å². The highest BCUT2D eigenvalue weighted by molar-refractivity contribution is 6.18. The SMILES string of the molecule is COC(=O)c1cccc2c(C(=O)c3ccccc3)c(C)oc12. The van der Waals surface area contributed by atoms with Gasteiger partial charge in [-0.2, -0.15) is 0 Å². The van der Waals surface area contributed by atoms with Crippen LogP contribution in [0.2, 0.25) is 0 Å². The highest BCUT2D eigenvalue weighted by Gasteiger charge is 2.23. The molecule has 1 aromatic heterocycles. The second-order valence-electron chi connectivity index (χ2n) is 4.90. The lowest BCUT2D eigenvalue weighted by atomic mass is 9.99. The van der Waals surface area contributed by atoms with Gasteiger partial charge in [0.15, 0.2) is 5.78 Å². The van der Waals surface area contributed by atoms with Crippen LogP contribution >= 0.6 is 0 Å². The first-order valence-corrected chi connectivity index (χ1v) is 6.83. The van der Waals surface area contributed by atoms with Crippen LogP contribution in [0, 0.1) is 6.92 Å². The van der Waals surface area contributed by atoms with Crippen LogP contribution in [0.15, 0.2) is 52.9 Å². The van der Waals surface area contributed by atoms with Crippen LogP contribution in [-0.2, 0) is 4.74 Å². The first kappa shape index (κ1) is 14.1. The Balaban J connectivity index is 2.21. The predicted octanol–water partition coefficient (Wildman–Crippen LogP) is 3.76. The van der Waals surface area contributed by atoms with Crippen molar-refractivity contribution in [2.45, 2.75) is 6.92 Å². The highest BCUT2D eigenvalue weighted by Crippen LogP contribution is 2.30. The minimum Gasteiger partial charge on any atom is -0.465 e. The van der Waals surface area contributed by atoms with E-state index in [2.05, 4.69) is 0 Å². The smallest absolute Gasteiger partial charge is 0.341 e. The molecule has 0 N–H and O–H groups in total. The van der Waals surface area contributed by atoms with E-state index >= 15 is 0 Å².